The maximum atomic E-state index is 12.0. The summed E-state index contributed by atoms with van der Waals surface area (Å²) in [5.74, 6) is 0. The second-order valence-electron chi connectivity index (χ2n) is 3.20. The average Bonchev–Trinajstić information content (AvgIpc) is 1.81. The van der Waals surface area contributed by atoms with Crippen LogP contribution < -0.4 is 0 Å². The molecule has 1 atom stereocenters. The number of rotatable bonds is 5. The summed E-state index contributed by atoms with van der Waals surface area (Å²) < 4.78 is 35.9. The molecule has 0 bridgehead atoms. The number of nitrogens with zero attached hydrogens (tertiary/aromatic N) is 1. The smallest absolute Gasteiger partial charge is 0.392 e. The maximum absolute atomic E-state index is 12.0. The molecule has 0 aliphatic heterocycles. The molecule has 0 aromatic heterocycles. The number of aliphatic hydroxyl groups excluding tert-OH is 1. The van der Waals surface area contributed by atoms with Gasteiger partial charge in [-0.2, -0.15) is 13.2 Å². The SMILES string of the molecule is CCCN(C[C@@H](C)O)CC(F)(F)F. The molecule has 0 fully saturated rings. The van der Waals surface area contributed by atoms with E-state index in [4.69, 9.17) is 5.11 Å². The van der Waals surface area contributed by atoms with Crippen molar-refractivity contribution in [1.29, 1.82) is 0 Å². The Hall–Kier alpha value is -0.290. The summed E-state index contributed by atoms with van der Waals surface area (Å²) in [7, 11) is 0. The highest BCUT2D eigenvalue weighted by Crippen LogP contribution is 2.16. The molecule has 0 rings (SSSR count). The molecular formula is C8H16F3NO. The second kappa shape index (κ2) is 5.44. The largest absolute Gasteiger partial charge is 0.401 e. The summed E-state index contributed by atoms with van der Waals surface area (Å²) in [4.78, 5) is 1.21. The van der Waals surface area contributed by atoms with Crippen molar-refractivity contribution in [2.45, 2.75) is 32.5 Å². The fourth-order valence-electron chi connectivity index (χ4n) is 1.18. The number of aliphatic hydroxyl groups is 1. The summed E-state index contributed by atoms with van der Waals surface area (Å²) in [6.45, 7) is 2.80. The molecule has 0 unspecified atom stereocenters. The summed E-state index contributed by atoms with van der Waals surface area (Å²) in [6, 6.07) is 0. The van der Waals surface area contributed by atoms with Crippen LogP contribution in [-0.2, 0) is 0 Å². The molecule has 0 aliphatic carbocycles. The van der Waals surface area contributed by atoms with Crippen LogP contribution in [0.25, 0.3) is 0 Å². The van der Waals surface area contributed by atoms with Gasteiger partial charge in [-0.3, -0.25) is 4.90 Å². The van der Waals surface area contributed by atoms with Gasteiger partial charge in [-0.05, 0) is 19.9 Å². The first-order valence-corrected chi connectivity index (χ1v) is 4.32. The van der Waals surface area contributed by atoms with Crippen LogP contribution >= 0.6 is 0 Å². The Balaban J connectivity index is 3.94. The third-order valence-electron chi connectivity index (χ3n) is 1.47. The predicted octanol–water partition coefficient (Wildman–Crippen LogP) is 1.64. The summed E-state index contributed by atoms with van der Waals surface area (Å²) in [6.07, 6.45) is -4.23. The summed E-state index contributed by atoms with van der Waals surface area (Å²) in [5, 5.41) is 8.94. The molecule has 2 nitrogen and oxygen atoms in total. The van der Waals surface area contributed by atoms with E-state index in [9.17, 15) is 13.2 Å². The molecule has 13 heavy (non-hydrogen) atoms. The quantitative estimate of drug-likeness (QED) is 0.727. The van der Waals surface area contributed by atoms with Gasteiger partial charge < -0.3 is 5.11 Å². The first-order valence-electron chi connectivity index (χ1n) is 4.32. The van der Waals surface area contributed by atoms with Crippen molar-refractivity contribution in [3.05, 3.63) is 0 Å². The van der Waals surface area contributed by atoms with Gasteiger partial charge in [-0.25, -0.2) is 0 Å². The van der Waals surface area contributed by atoms with Crippen LogP contribution in [0.1, 0.15) is 20.3 Å². The fraction of sp³-hybridized carbons (Fsp3) is 1.00. The Morgan fingerprint density at radius 1 is 1.38 bits per heavy atom. The molecule has 0 radical (unpaired) electrons. The monoisotopic (exact) mass is 199 g/mol. The minimum atomic E-state index is -4.18. The first-order chi connectivity index (χ1) is 5.85. The van der Waals surface area contributed by atoms with Crippen molar-refractivity contribution in [3.63, 3.8) is 0 Å². The molecule has 0 saturated heterocycles. The van der Waals surface area contributed by atoms with Crippen LogP contribution in [0.5, 0.6) is 0 Å². The fourth-order valence-corrected chi connectivity index (χ4v) is 1.18. The molecular weight excluding hydrogens is 183 g/mol. The average molecular weight is 199 g/mol. The lowest BCUT2D eigenvalue weighted by Gasteiger charge is -2.24. The minimum absolute atomic E-state index is 0.0767. The van der Waals surface area contributed by atoms with Crippen molar-refractivity contribution < 1.29 is 18.3 Å². The zero-order valence-electron chi connectivity index (χ0n) is 7.93. The van der Waals surface area contributed by atoms with Gasteiger partial charge in [0.15, 0.2) is 0 Å². The van der Waals surface area contributed by atoms with Crippen molar-refractivity contribution in [2.75, 3.05) is 19.6 Å². The van der Waals surface area contributed by atoms with Gasteiger partial charge in [0, 0.05) is 6.54 Å². The van der Waals surface area contributed by atoms with E-state index in [0.717, 1.165) is 0 Å². The second-order valence-corrected chi connectivity index (χ2v) is 3.20. The third-order valence-corrected chi connectivity index (χ3v) is 1.47. The molecule has 5 heteroatoms. The summed E-state index contributed by atoms with van der Waals surface area (Å²) in [5.41, 5.74) is 0. The van der Waals surface area contributed by atoms with Crippen LogP contribution in [0.4, 0.5) is 13.2 Å². The summed E-state index contributed by atoms with van der Waals surface area (Å²) >= 11 is 0. The Bertz CT molecular complexity index is 136. The van der Waals surface area contributed by atoms with E-state index in [-0.39, 0.29) is 6.54 Å². The highest BCUT2D eigenvalue weighted by molar-refractivity contribution is 4.65. The lowest BCUT2D eigenvalue weighted by molar-refractivity contribution is -0.148. The van der Waals surface area contributed by atoms with Crippen molar-refractivity contribution in [2.24, 2.45) is 0 Å². The van der Waals surface area contributed by atoms with Gasteiger partial charge in [0.05, 0.1) is 12.6 Å². The lowest BCUT2D eigenvalue weighted by atomic mass is 10.3. The van der Waals surface area contributed by atoms with E-state index >= 15 is 0 Å². The molecule has 0 aromatic rings. The van der Waals surface area contributed by atoms with Crippen LogP contribution in [0.2, 0.25) is 0 Å². The van der Waals surface area contributed by atoms with Gasteiger partial charge in [0.2, 0.25) is 0 Å². The van der Waals surface area contributed by atoms with E-state index in [1.54, 1.807) is 0 Å². The number of alkyl halides is 3. The molecule has 0 spiro atoms. The topological polar surface area (TPSA) is 23.5 Å². The molecule has 0 aromatic carbocycles. The minimum Gasteiger partial charge on any atom is -0.392 e. The normalized spacial score (nSPS) is 15.0. The van der Waals surface area contributed by atoms with Gasteiger partial charge in [-0.1, -0.05) is 6.92 Å². The zero-order chi connectivity index (χ0) is 10.5. The maximum Gasteiger partial charge on any atom is 0.401 e. The Morgan fingerprint density at radius 3 is 2.23 bits per heavy atom. The van der Waals surface area contributed by atoms with Gasteiger partial charge in [-0.15, -0.1) is 0 Å². The highest BCUT2D eigenvalue weighted by atomic mass is 19.4. The van der Waals surface area contributed by atoms with Crippen molar-refractivity contribution in [3.8, 4) is 0 Å². The number of halogens is 3. The third kappa shape index (κ3) is 8.05. The Kier molecular flexibility index (Phi) is 5.32. The molecule has 1 N–H and O–H groups in total. The molecule has 0 saturated carbocycles. The van der Waals surface area contributed by atoms with Crippen molar-refractivity contribution >= 4 is 0 Å². The zero-order valence-corrected chi connectivity index (χ0v) is 7.93. The Labute approximate surface area is 76.3 Å². The molecule has 0 heterocycles. The van der Waals surface area contributed by atoms with Crippen LogP contribution in [0, 0.1) is 0 Å². The van der Waals surface area contributed by atoms with E-state index in [1.807, 2.05) is 6.92 Å². The molecule has 80 valence electrons. The first kappa shape index (κ1) is 12.7. The van der Waals surface area contributed by atoms with Gasteiger partial charge in [0.1, 0.15) is 0 Å². The van der Waals surface area contributed by atoms with Crippen LogP contribution in [0.3, 0.4) is 0 Å². The van der Waals surface area contributed by atoms with Gasteiger partial charge in [0.25, 0.3) is 0 Å². The Morgan fingerprint density at radius 2 is 1.92 bits per heavy atom. The number of hydrogen-bond acceptors (Lipinski definition) is 2. The predicted molar refractivity (Wildman–Crippen MR) is 44.5 cm³/mol. The molecule has 0 amide bonds. The standard InChI is InChI=1S/C8H16F3NO/c1-3-4-12(5-7(2)13)6-8(9,10)11/h7,13H,3-6H2,1-2H3/t7-/m1/s1. The molecule has 0 aliphatic rings. The van der Waals surface area contributed by atoms with E-state index in [0.29, 0.717) is 13.0 Å². The van der Waals surface area contributed by atoms with Crippen LogP contribution in [0.15, 0.2) is 0 Å². The van der Waals surface area contributed by atoms with E-state index < -0.39 is 18.8 Å². The highest BCUT2D eigenvalue weighted by Gasteiger charge is 2.30. The number of hydrogen-bond donors (Lipinski definition) is 1. The van der Waals surface area contributed by atoms with E-state index in [1.165, 1.54) is 11.8 Å². The van der Waals surface area contributed by atoms with E-state index in [2.05, 4.69) is 0 Å². The van der Waals surface area contributed by atoms with Crippen molar-refractivity contribution in [1.82, 2.24) is 4.90 Å². The van der Waals surface area contributed by atoms with Crippen LogP contribution in [-0.4, -0.2) is 41.9 Å². The lowest BCUT2D eigenvalue weighted by Crippen LogP contribution is -2.38. The van der Waals surface area contributed by atoms with Gasteiger partial charge >= 0.3 is 6.18 Å².